The second-order valence-electron chi connectivity index (χ2n) is 5.28. The standard InChI is InChI=1S/C16H19N5/c1-12(2)21-11-18-7-15(21)8-19-14-5-3-13(4-6-14)16-9-17-10-20-16/h3-7,9-12,19H,8H2,1-2H3,(H,17,20). The second kappa shape index (κ2) is 5.83. The molecule has 3 rings (SSSR count). The zero-order valence-electron chi connectivity index (χ0n) is 12.2. The quantitative estimate of drug-likeness (QED) is 0.753. The molecule has 0 aliphatic rings. The number of benzene rings is 1. The molecule has 0 saturated heterocycles. The minimum atomic E-state index is 0.423. The van der Waals surface area contributed by atoms with Gasteiger partial charge < -0.3 is 14.9 Å². The Morgan fingerprint density at radius 2 is 1.95 bits per heavy atom. The van der Waals surface area contributed by atoms with Crippen LogP contribution in [0.15, 0.2) is 49.3 Å². The third-order valence-corrected chi connectivity index (χ3v) is 3.47. The van der Waals surface area contributed by atoms with Gasteiger partial charge in [0.2, 0.25) is 0 Å². The van der Waals surface area contributed by atoms with Gasteiger partial charge in [0.1, 0.15) is 0 Å². The molecule has 0 spiro atoms. The van der Waals surface area contributed by atoms with Crippen molar-refractivity contribution < 1.29 is 0 Å². The fourth-order valence-corrected chi connectivity index (χ4v) is 2.31. The lowest BCUT2D eigenvalue weighted by molar-refractivity contribution is 0.577. The highest BCUT2D eigenvalue weighted by molar-refractivity contribution is 5.61. The van der Waals surface area contributed by atoms with Crippen LogP contribution in [0.5, 0.6) is 0 Å². The maximum Gasteiger partial charge on any atom is 0.0951 e. The Morgan fingerprint density at radius 3 is 2.62 bits per heavy atom. The number of H-pyrrole nitrogens is 1. The number of hydrogen-bond acceptors (Lipinski definition) is 3. The Kier molecular flexibility index (Phi) is 3.73. The molecule has 0 fully saturated rings. The summed E-state index contributed by atoms with van der Waals surface area (Å²) in [6.07, 6.45) is 7.30. The minimum absolute atomic E-state index is 0.423. The van der Waals surface area contributed by atoms with E-state index < -0.39 is 0 Å². The maximum absolute atomic E-state index is 4.22. The van der Waals surface area contributed by atoms with Crippen LogP contribution < -0.4 is 5.32 Å². The van der Waals surface area contributed by atoms with Crippen LogP contribution in [0.25, 0.3) is 11.3 Å². The van der Waals surface area contributed by atoms with Gasteiger partial charge in [0, 0.05) is 17.9 Å². The topological polar surface area (TPSA) is 58.5 Å². The SMILES string of the molecule is CC(C)n1cncc1CNc1ccc(-c2cnc[nH]2)cc1. The van der Waals surface area contributed by atoms with Crippen LogP contribution in [0.3, 0.4) is 0 Å². The van der Waals surface area contributed by atoms with E-state index in [9.17, 15) is 0 Å². The van der Waals surface area contributed by atoms with Crippen LogP contribution in [0.1, 0.15) is 25.6 Å². The molecule has 1 aromatic carbocycles. The van der Waals surface area contributed by atoms with Crippen LogP contribution in [-0.2, 0) is 6.54 Å². The van der Waals surface area contributed by atoms with Gasteiger partial charge in [-0.1, -0.05) is 12.1 Å². The lowest BCUT2D eigenvalue weighted by atomic mass is 10.1. The first kappa shape index (κ1) is 13.4. The van der Waals surface area contributed by atoms with Gasteiger partial charge >= 0.3 is 0 Å². The first-order valence-corrected chi connectivity index (χ1v) is 7.07. The van der Waals surface area contributed by atoms with E-state index in [2.05, 4.69) is 62.9 Å². The summed E-state index contributed by atoms with van der Waals surface area (Å²) in [5, 5.41) is 3.43. The third kappa shape index (κ3) is 2.97. The van der Waals surface area contributed by atoms with Gasteiger partial charge in [0.25, 0.3) is 0 Å². The van der Waals surface area contributed by atoms with Crippen molar-refractivity contribution in [3.05, 3.63) is 55.0 Å². The number of hydrogen-bond donors (Lipinski definition) is 2. The van der Waals surface area contributed by atoms with Crippen molar-refractivity contribution in [2.75, 3.05) is 5.32 Å². The predicted octanol–water partition coefficient (Wildman–Crippen LogP) is 3.47. The molecule has 2 aromatic heterocycles. The average molecular weight is 281 g/mol. The normalized spacial score (nSPS) is 11.0. The number of nitrogens with zero attached hydrogens (tertiary/aromatic N) is 3. The van der Waals surface area contributed by atoms with Gasteiger partial charge in [-0.3, -0.25) is 0 Å². The molecule has 21 heavy (non-hydrogen) atoms. The van der Waals surface area contributed by atoms with Crippen molar-refractivity contribution >= 4 is 5.69 Å². The van der Waals surface area contributed by atoms with Crippen molar-refractivity contribution in [1.82, 2.24) is 19.5 Å². The number of aromatic nitrogens is 4. The van der Waals surface area contributed by atoms with E-state index in [4.69, 9.17) is 0 Å². The largest absolute Gasteiger partial charge is 0.379 e. The number of nitrogens with one attached hydrogen (secondary N) is 2. The van der Waals surface area contributed by atoms with E-state index >= 15 is 0 Å². The summed E-state index contributed by atoms with van der Waals surface area (Å²) in [7, 11) is 0. The maximum atomic E-state index is 4.22. The first-order chi connectivity index (χ1) is 10.2. The molecule has 5 nitrogen and oxygen atoms in total. The molecule has 0 saturated carbocycles. The van der Waals surface area contributed by atoms with E-state index in [-0.39, 0.29) is 0 Å². The molecule has 0 aliphatic carbocycles. The summed E-state index contributed by atoms with van der Waals surface area (Å²) in [5.74, 6) is 0. The fraction of sp³-hybridized carbons (Fsp3) is 0.250. The van der Waals surface area contributed by atoms with E-state index in [1.54, 1.807) is 6.33 Å². The Hall–Kier alpha value is -2.56. The zero-order valence-corrected chi connectivity index (χ0v) is 12.2. The van der Waals surface area contributed by atoms with Crippen LogP contribution in [0.2, 0.25) is 0 Å². The summed E-state index contributed by atoms with van der Waals surface area (Å²) in [6, 6.07) is 8.73. The van der Waals surface area contributed by atoms with Gasteiger partial charge in [-0.05, 0) is 31.5 Å². The fourth-order valence-electron chi connectivity index (χ4n) is 2.31. The molecule has 108 valence electrons. The van der Waals surface area contributed by atoms with E-state index in [1.165, 1.54) is 5.69 Å². The zero-order chi connectivity index (χ0) is 14.7. The molecular formula is C16H19N5. The van der Waals surface area contributed by atoms with Crippen molar-refractivity contribution in [2.45, 2.75) is 26.4 Å². The summed E-state index contributed by atoms with van der Waals surface area (Å²) >= 11 is 0. The Labute approximate surface area is 124 Å². The van der Waals surface area contributed by atoms with E-state index in [0.29, 0.717) is 6.04 Å². The summed E-state index contributed by atoms with van der Waals surface area (Å²) in [4.78, 5) is 11.4. The number of anilines is 1. The van der Waals surface area contributed by atoms with Gasteiger partial charge in [0.15, 0.2) is 0 Å². The lowest BCUT2D eigenvalue weighted by Crippen LogP contribution is -2.08. The monoisotopic (exact) mass is 281 g/mol. The average Bonchev–Trinajstić information content (AvgIpc) is 3.17. The molecule has 3 aromatic rings. The molecule has 2 heterocycles. The molecule has 5 heteroatoms. The summed E-state index contributed by atoms with van der Waals surface area (Å²) in [5.41, 5.74) is 4.43. The third-order valence-electron chi connectivity index (χ3n) is 3.47. The van der Waals surface area contributed by atoms with Crippen molar-refractivity contribution in [3.63, 3.8) is 0 Å². The Morgan fingerprint density at radius 1 is 1.14 bits per heavy atom. The minimum Gasteiger partial charge on any atom is -0.379 e. The molecule has 2 N–H and O–H groups in total. The van der Waals surface area contributed by atoms with Gasteiger partial charge in [-0.25, -0.2) is 9.97 Å². The van der Waals surface area contributed by atoms with Gasteiger partial charge in [-0.2, -0.15) is 0 Å². The lowest BCUT2D eigenvalue weighted by Gasteiger charge is -2.13. The highest BCUT2D eigenvalue weighted by Gasteiger charge is 2.05. The number of aromatic amines is 1. The smallest absolute Gasteiger partial charge is 0.0951 e. The van der Waals surface area contributed by atoms with Crippen molar-refractivity contribution in [1.29, 1.82) is 0 Å². The van der Waals surface area contributed by atoms with Crippen LogP contribution in [0, 0.1) is 0 Å². The molecule has 0 amide bonds. The number of rotatable bonds is 5. The Bertz CT molecular complexity index is 680. The summed E-state index contributed by atoms with van der Waals surface area (Å²) in [6.45, 7) is 5.08. The van der Waals surface area contributed by atoms with Gasteiger partial charge in [-0.15, -0.1) is 0 Å². The highest BCUT2D eigenvalue weighted by atomic mass is 15.1. The van der Waals surface area contributed by atoms with Crippen molar-refractivity contribution in [2.24, 2.45) is 0 Å². The predicted molar refractivity (Wildman–Crippen MR) is 84.0 cm³/mol. The molecule has 0 atom stereocenters. The summed E-state index contributed by atoms with van der Waals surface area (Å²) < 4.78 is 2.17. The highest BCUT2D eigenvalue weighted by Crippen LogP contribution is 2.19. The molecular weight excluding hydrogens is 262 g/mol. The first-order valence-electron chi connectivity index (χ1n) is 7.07. The van der Waals surface area contributed by atoms with Crippen LogP contribution in [-0.4, -0.2) is 19.5 Å². The Balaban J connectivity index is 1.67. The van der Waals surface area contributed by atoms with E-state index in [0.717, 1.165) is 23.5 Å². The molecule has 0 bridgehead atoms. The second-order valence-corrected chi connectivity index (χ2v) is 5.28. The van der Waals surface area contributed by atoms with Crippen molar-refractivity contribution in [3.8, 4) is 11.3 Å². The van der Waals surface area contributed by atoms with Gasteiger partial charge in [0.05, 0.1) is 36.8 Å². The van der Waals surface area contributed by atoms with Crippen LogP contribution >= 0.6 is 0 Å². The molecule has 0 unspecified atom stereocenters. The van der Waals surface area contributed by atoms with Crippen LogP contribution in [0.4, 0.5) is 5.69 Å². The number of imidazole rings is 2. The van der Waals surface area contributed by atoms with E-state index in [1.807, 2.05) is 18.7 Å². The molecule has 0 aliphatic heterocycles. The molecule has 0 radical (unpaired) electrons.